The fourth-order valence-corrected chi connectivity index (χ4v) is 0.609. The summed E-state index contributed by atoms with van der Waals surface area (Å²) < 4.78 is 0. The van der Waals surface area contributed by atoms with Gasteiger partial charge in [-0.1, -0.05) is 13.8 Å². The normalized spacial score (nSPS) is 7.91. The Morgan fingerprint density at radius 3 is 2.09 bits per heavy atom. The van der Waals surface area contributed by atoms with Crippen molar-refractivity contribution in [3.63, 3.8) is 0 Å². The first-order valence-electron chi connectivity index (χ1n) is 3.40. The Balaban J connectivity index is 0.000000461. The molecule has 0 aromatic carbocycles. The molecule has 60 valence electrons. The van der Waals surface area contributed by atoms with Gasteiger partial charge in [-0.25, -0.2) is 0 Å². The lowest BCUT2D eigenvalue weighted by Crippen LogP contribution is -1.86. The summed E-state index contributed by atoms with van der Waals surface area (Å²) >= 11 is 5.14. The number of rotatable bonds is 1. The van der Waals surface area contributed by atoms with Crippen LogP contribution in [-0.4, -0.2) is 10.2 Å². The second-order valence-electron chi connectivity index (χ2n) is 1.51. The van der Waals surface area contributed by atoms with Crippen molar-refractivity contribution in [3.05, 3.63) is 30.1 Å². The van der Waals surface area contributed by atoms with Crippen molar-refractivity contribution in [2.45, 2.75) is 13.8 Å². The number of carbonyl (C=O) groups is 1. The smallest absolute Gasteiger partial charge is 0.252 e. The van der Waals surface area contributed by atoms with E-state index in [1.54, 1.807) is 12.1 Å². The van der Waals surface area contributed by atoms with Crippen LogP contribution in [0.5, 0.6) is 0 Å². The largest absolute Gasteiger partial charge is 0.276 e. The zero-order valence-corrected chi connectivity index (χ0v) is 7.30. The van der Waals surface area contributed by atoms with Crippen LogP contribution in [0.25, 0.3) is 0 Å². The molecule has 0 saturated heterocycles. The Labute approximate surface area is 71.2 Å². The van der Waals surface area contributed by atoms with Crippen molar-refractivity contribution >= 4 is 16.8 Å². The molecule has 0 atom stereocenters. The van der Waals surface area contributed by atoms with Gasteiger partial charge in [0, 0.05) is 18.0 Å². The number of halogens is 1. The third-order valence-corrected chi connectivity index (χ3v) is 1.13. The summed E-state index contributed by atoms with van der Waals surface area (Å²) in [6.45, 7) is 4.00. The van der Waals surface area contributed by atoms with E-state index in [-0.39, 0.29) is 0 Å². The summed E-state index contributed by atoms with van der Waals surface area (Å²) in [5.74, 6) is 0. The van der Waals surface area contributed by atoms with E-state index in [4.69, 9.17) is 11.6 Å². The van der Waals surface area contributed by atoms with Gasteiger partial charge in [0.15, 0.2) is 0 Å². The van der Waals surface area contributed by atoms with E-state index in [0.29, 0.717) is 5.56 Å². The van der Waals surface area contributed by atoms with Crippen molar-refractivity contribution in [2.75, 3.05) is 0 Å². The number of nitrogens with zero attached hydrogens (tertiary/aromatic N) is 1. The molecule has 1 heterocycles. The molecule has 0 aliphatic rings. The lowest BCUT2D eigenvalue weighted by Gasteiger charge is -1.86. The average molecular weight is 172 g/mol. The van der Waals surface area contributed by atoms with Crippen LogP contribution in [0.2, 0.25) is 0 Å². The molecule has 11 heavy (non-hydrogen) atoms. The van der Waals surface area contributed by atoms with E-state index >= 15 is 0 Å². The number of hydrogen-bond acceptors (Lipinski definition) is 2. The highest BCUT2D eigenvalue weighted by Crippen LogP contribution is 1.99. The molecule has 1 aromatic rings. The first kappa shape index (κ1) is 10.1. The van der Waals surface area contributed by atoms with Crippen LogP contribution in [0.4, 0.5) is 0 Å². The van der Waals surface area contributed by atoms with Gasteiger partial charge < -0.3 is 0 Å². The van der Waals surface area contributed by atoms with E-state index in [0.717, 1.165) is 0 Å². The Hall–Kier alpha value is -0.890. The quantitative estimate of drug-likeness (QED) is 0.608. The molecule has 0 N–H and O–H groups in total. The van der Waals surface area contributed by atoms with E-state index in [1.165, 1.54) is 12.4 Å². The standard InChI is InChI=1S/C6H4ClNO.C2H6/c7-6(9)5-1-3-8-4-2-5;1-2/h1-4H;1-2H3. The summed E-state index contributed by atoms with van der Waals surface area (Å²) in [5, 5.41) is -0.447. The van der Waals surface area contributed by atoms with Crippen LogP contribution >= 0.6 is 11.6 Å². The van der Waals surface area contributed by atoms with Gasteiger partial charge in [0.1, 0.15) is 0 Å². The molecule has 0 aliphatic heterocycles. The van der Waals surface area contributed by atoms with Gasteiger partial charge in [-0.15, -0.1) is 0 Å². The first-order chi connectivity index (χ1) is 5.30. The lowest BCUT2D eigenvalue weighted by atomic mass is 10.3. The van der Waals surface area contributed by atoms with Crippen molar-refractivity contribution < 1.29 is 4.79 Å². The summed E-state index contributed by atoms with van der Waals surface area (Å²) in [6, 6.07) is 3.13. The minimum Gasteiger partial charge on any atom is -0.276 e. The molecule has 1 aromatic heterocycles. The predicted molar refractivity (Wildman–Crippen MR) is 45.8 cm³/mol. The summed E-state index contributed by atoms with van der Waals surface area (Å²) in [6.07, 6.45) is 3.05. The highest BCUT2D eigenvalue weighted by molar-refractivity contribution is 6.67. The molecule has 0 saturated carbocycles. The van der Waals surface area contributed by atoms with Crippen molar-refractivity contribution in [3.8, 4) is 0 Å². The molecule has 0 aliphatic carbocycles. The van der Waals surface area contributed by atoms with Gasteiger partial charge in [-0.2, -0.15) is 0 Å². The minimum atomic E-state index is -0.447. The highest BCUT2D eigenvalue weighted by Gasteiger charge is 1.96. The molecule has 0 bridgehead atoms. The van der Waals surface area contributed by atoms with Gasteiger partial charge in [0.2, 0.25) is 0 Å². The monoisotopic (exact) mass is 171 g/mol. The molecular formula is C8H10ClNO. The maximum atomic E-state index is 10.4. The van der Waals surface area contributed by atoms with Crippen molar-refractivity contribution in [1.29, 1.82) is 0 Å². The molecule has 0 fully saturated rings. The number of carbonyl (C=O) groups excluding carboxylic acids is 1. The first-order valence-corrected chi connectivity index (χ1v) is 3.78. The number of aromatic nitrogens is 1. The van der Waals surface area contributed by atoms with Crippen LogP contribution in [-0.2, 0) is 0 Å². The molecular weight excluding hydrogens is 162 g/mol. The molecule has 0 spiro atoms. The van der Waals surface area contributed by atoms with Gasteiger partial charge in [-0.05, 0) is 23.7 Å². The van der Waals surface area contributed by atoms with E-state index < -0.39 is 5.24 Å². The van der Waals surface area contributed by atoms with E-state index in [9.17, 15) is 4.79 Å². The average Bonchev–Trinajstić information content (AvgIpc) is 2.10. The zero-order chi connectivity index (χ0) is 8.69. The van der Waals surface area contributed by atoms with Gasteiger partial charge in [0.25, 0.3) is 5.24 Å². The van der Waals surface area contributed by atoms with Crippen LogP contribution < -0.4 is 0 Å². The van der Waals surface area contributed by atoms with Crippen LogP contribution in [0.15, 0.2) is 24.5 Å². The number of pyridine rings is 1. The Kier molecular flexibility index (Phi) is 5.39. The van der Waals surface area contributed by atoms with Crippen LogP contribution in [0.3, 0.4) is 0 Å². The van der Waals surface area contributed by atoms with Crippen LogP contribution in [0.1, 0.15) is 24.2 Å². The van der Waals surface area contributed by atoms with E-state index in [2.05, 4.69) is 4.98 Å². The molecule has 1 rings (SSSR count). The highest BCUT2D eigenvalue weighted by atomic mass is 35.5. The third kappa shape index (κ3) is 3.73. The van der Waals surface area contributed by atoms with Crippen LogP contribution in [0, 0.1) is 0 Å². The molecule has 0 amide bonds. The summed E-state index contributed by atoms with van der Waals surface area (Å²) in [5.41, 5.74) is 0.478. The maximum absolute atomic E-state index is 10.4. The Morgan fingerprint density at radius 2 is 1.82 bits per heavy atom. The second-order valence-corrected chi connectivity index (χ2v) is 1.85. The molecule has 0 unspecified atom stereocenters. The predicted octanol–water partition coefficient (Wildman–Crippen LogP) is 2.49. The van der Waals surface area contributed by atoms with Crippen molar-refractivity contribution in [2.24, 2.45) is 0 Å². The number of hydrogen-bond donors (Lipinski definition) is 0. The van der Waals surface area contributed by atoms with E-state index in [1.807, 2.05) is 13.8 Å². The lowest BCUT2D eigenvalue weighted by molar-refractivity contribution is 0.108. The minimum absolute atomic E-state index is 0.447. The SMILES string of the molecule is CC.O=C(Cl)c1ccncc1. The second kappa shape index (κ2) is 5.86. The molecule has 2 nitrogen and oxygen atoms in total. The molecule has 0 radical (unpaired) electrons. The fourth-order valence-electron chi connectivity index (χ4n) is 0.483. The van der Waals surface area contributed by atoms with Gasteiger partial charge in [-0.3, -0.25) is 9.78 Å². The maximum Gasteiger partial charge on any atom is 0.252 e. The molecule has 3 heteroatoms. The zero-order valence-electron chi connectivity index (χ0n) is 6.54. The summed E-state index contributed by atoms with van der Waals surface area (Å²) in [4.78, 5) is 14.1. The Bertz CT molecular complexity index is 211. The summed E-state index contributed by atoms with van der Waals surface area (Å²) in [7, 11) is 0. The topological polar surface area (TPSA) is 30.0 Å². The van der Waals surface area contributed by atoms with Crippen molar-refractivity contribution in [1.82, 2.24) is 4.98 Å². The Morgan fingerprint density at radius 1 is 1.36 bits per heavy atom. The fraction of sp³-hybridized carbons (Fsp3) is 0.250. The van der Waals surface area contributed by atoms with Gasteiger partial charge in [0.05, 0.1) is 0 Å². The third-order valence-electron chi connectivity index (χ3n) is 0.907. The van der Waals surface area contributed by atoms with Gasteiger partial charge >= 0.3 is 0 Å².